The average molecular weight is 351 g/mol. The van der Waals surface area contributed by atoms with Crippen molar-refractivity contribution >= 4 is 23.5 Å². The summed E-state index contributed by atoms with van der Waals surface area (Å²) in [4.78, 5) is 24.1. The van der Waals surface area contributed by atoms with Crippen molar-refractivity contribution in [3.05, 3.63) is 70.5 Å². The number of nitrogens with two attached hydrogens (primary N) is 1. The Morgan fingerprint density at radius 1 is 1.21 bits per heavy atom. The molecule has 24 heavy (non-hydrogen) atoms. The largest absolute Gasteiger partial charge is 0.351 e. The molecule has 0 aliphatic heterocycles. The first kappa shape index (κ1) is 17.9. The van der Waals surface area contributed by atoms with Crippen molar-refractivity contribution in [2.75, 3.05) is 7.05 Å². The van der Waals surface area contributed by atoms with Gasteiger partial charge in [-0.3, -0.25) is 10.1 Å². The first-order valence-corrected chi connectivity index (χ1v) is 7.68. The van der Waals surface area contributed by atoms with Crippen LogP contribution in [0, 0.1) is 5.82 Å². The Kier molecular flexibility index (Phi) is 5.89. The Labute approximate surface area is 144 Å². The van der Waals surface area contributed by atoms with Crippen LogP contribution in [-0.2, 0) is 11.3 Å². The number of carbonyl (C=O) groups is 2. The lowest BCUT2D eigenvalue weighted by atomic mass is 10.0. The molecule has 2 atom stereocenters. The molecule has 0 aliphatic rings. The standard InChI is InChI=1S/C17H17ClFN3O2/c1-22(10-12-13(18)8-5-9-14(12)19)15(16(23)21-17(20)24)11-6-3-2-4-7-11/h2-9,15H,10H2,1H3,(H3,20,21,23,24)/p+1/t15-/m0/s1. The second-order valence-corrected chi connectivity index (χ2v) is 5.83. The number of urea groups is 1. The van der Waals surface area contributed by atoms with Crippen LogP contribution in [0.1, 0.15) is 17.2 Å². The van der Waals surface area contributed by atoms with Gasteiger partial charge < -0.3 is 10.6 Å². The topological polar surface area (TPSA) is 76.6 Å². The average Bonchev–Trinajstić information content (AvgIpc) is 2.51. The van der Waals surface area contributed by atoms with Gasteiger partial charge in [0.05, 0.1) is 17.6 Å². The van der Waals surface area contributed by atoms with E-state index in [2.05, 4.69) is 5.32 Å². The minimum Gasteiger partial charge on any atom is -0.351 e. The number of likely N-dealkylation sites (N-methyl/N-ethyl adjacent to an activating group) is 1. The summed E-state index contributed by atoms with van der Waals surface area (Å²) < 4.78 is 14.0. The maximum absolute atomic E-state index is 14.0. The SMILES string of the molecule is C[NH+](Cc1c(F)cccc1Cl)[C@H](C(=O)NC(N)=O)c1ccccc1. The van der Waals surface area contributed by atoms with Crippen LogP contribution in [0.5, 0.6) is 0 Å². The summed E-state index contributed by atoms with van der Waals surface area (Å²) in [5.41, 5.74) is 6.04. The van der Waals surface area contributed by atoms with Gasteiger partial charge in [0, 0.05) is 5.56 Å². The Morgan fingerprint density at radius 2 is 1.88 bits per heavy atom. The molecule has 0 aliphatic carbocycles. The normalized spacial score (nSPS) is 13.1. The Morgan fingerprint density at radius 3 is 2.46 bits per heavy atom. The maximum atomic E-state index is 14.0. The molecule has 1 unspecified atom stereocenters. The maximum Gasteiger partial charge on any atom is 0.319 e. The minimum absolute atomic E-state index is 0.164. The van der Waals surface area contributed by atoms with E-state index in [9.17, 15) is 14.0 Å². The highest BCUT2D eigenvalue weighted by molar-refractivity contribution is 6.31. The molecular weight excluding hydrogens is 333 g/mol. The molecule has 2 aromatic carbocycles. The lowest BCUT2D eigenvalue weighted by Crippen LogP contribution is -3.09. The number of hydrogen-bond donors (Lipinski definition) is 3. The third-order valence-electron chi connectivity index (χ3n) is 3.65. The second-order valence-electron chi connectivity index (χ2n) is 5.42. The van der Waals surface area contributed by atoms with Gasteiger partial charge in [0.2, 0.25) is 0 Å². The van der Waals surface area contributed by atoms with Gasteiger partial charge in [-0.1, -0.05) is 48.0 Å². The van der Waals surface area contributed by atoms with E-state index in [1.54, 1.807) is 37.4 Å². The number of halogens is 2. The second kappa shape index (κ2) is 7.90. The van der Waals surface area contributed by atoms with Crippen LogP contribution in [0.15, 0.2) is 48.5 Å². The molecule has 2 aromatic rings. The van der Waals surface area contributed by atoms with E-state index in [0.29, 0.717) is 16.0 Å². The summed E-state index contributed by atoms with van der Waals surface area (Å²) in [5, 5.41) is 2.38. The summed E-state index contributed by atoms with van der Waals surface area (Å²) in [6.07, 6.45) is 0. The first-order chi connectivity index (χ1) is 11.4. The van der Waals surface area contributed by atoms with Gasteiger partial charge in [-0.25, -0.2) is 9.18 Å². The van der Waals surface area contributed by atoms with Gasteiger partial charge in [0.1, 0.15) is 12.4 Å². The third-order valence-corrected chi connectivity index (χ3v) is 4.01. The number of amides is 3. The van der Waals surface area contributed by atoms with Crippen LogP contribution in [-0.4, -0.2) is 19.0 Å². The molecule has 3 amide bonds. The Bertz CT molecular complexity index is 720. The van der Waals surface area contributed by atoms with E-state index >= 15 is 0 Å². The zero-order valence-electron chi connectivity index (χ0n) is 13.1. The van der Waals surface area contributed by atoms with E-state index in [4.69, 9.17) is 17.3 Å². The number of benzene rings is 2. The van der Waals surface area contributed by atoms with Crippen molar-refractivity contribution in [2.45, 2.75) is 12.6 Å². The van der Waals surface area contributed by atoms with Crippen LogP contribution < -0.4 is 16.0 Å². The van der Waals surface area contributed by atoms with Crippen molar-refractivity contribution < 1.29 is 18.9 Å². The Balaban J connectivity index is 2.32. The summed E-state index contributed by atoms with van der Waals surface area (Å²) in [5.74, 6) is -0.998. The summed E-state index contributed by atoms with van der Waals surface area (Å²) >= 11 is 6.06. The molecule has 4 N–H and O–H groups in total. The van der Waals surface area contributed by atoms with Crippen LogP contribution in [0.2, 0.25) is 5.02 Å². The zero-order valence-corrected chi connectivity index (χ0v) is 13.8. The molecule has 0 spiro atoms. The quantitative estimate of drug-likeness (QED) is 0.763. The molecule has 2 rings (SSSR count). The number of nitrogens with one attached hydrogen (secondary N) is 2. The van der Waals surface area contributed by atoms with Crippen LogP contribution >= 0.6 is 11.6 Å². The number of hydrogen-bond acceptors (Lipinski definition) is 2. The molecular formula is C17H18ClFN3O2+. The molecule has 0 bridgehead atoms. The van der Waals surface area contributed by atoms with Crippen LogP contribution in [0.3, 0.4) is 0 Å². The lowest BCUT2D eigenvalue weighted by Gasteiger charge is -2.24. The van der Waals surface area contributed by atoms with Gasteiger partial charge in [0.15, 0.2) is 6.04 Å². The van der Waals surface area contributed by atoms with E-state index in [-0.39, 0.29) is 11.6 Å². The predicted molar refractivity (Wildman–Crippen MR) is 88.9 cm³/mol. The molecule has 126 valence electrons. The highest BCUT2D eigenvalue weighted by atomic mass is 35.5. The zero-order chi connectivity index (χ0) is 17.7. The number of rotatable bonds is 5. The highest BCUT2D eigenvalue weighted by Crippen LogP contribution is 2.18. The van der Waals surface area contributed by atoms with Crippen LogP contribution in [0.4, 0.5) is 9.18 Å². The van der Waals surface area contributed by atoms with E-state index in [1.165, 1.54) is 12.1 Å². The molecule has 0 aromatic heterocycles. The molecule has 5 nitrogen and oxygen atoms in total. The van der Waals surface area contributed by atoms with Crippen molar-refractivity contribution in [3.8, 4) is 0 Å². The summed E-state index contributed by atoms with van der Waals surface area (Å²) in [6, 6.07) is 11.7. The number of imide groups is 1. The fraction of sp³-hybridized carbons (Fsp3) is 0.176. The van der Waals surface area contributed by atoms with E-state index < -0.39 is 23.8 Å². The molecule has 0 fully saturated rings. The highest BCUT2D eigenvalue weighted by Gasteiger charge is 2.30. The minimum atomic E-state index is -0.933. The first-order valence-electron chi connectivity index (χ1n) is 7.30. The summed E-state index contributed by atoms with van der Waals surface area (Å²) in [7, 11) is 1.72. The number of carbonyl (C=O) groups excluding carboxylic acids is 2. The number of primary amides is 1. The molecule has 0 radical (unpaired) electrons. The predicted octanol–water partition coefficient (Wildman–Crippen LogP) is 1.43. The molecule has 0 heterocycles. The van der Waals surface area contributed by atoms with Crippen molar-refractivity contribution in [1.82, 2.24) is 5.32 Å². The van der Waals surface area contributed by atoms with E-state index in [1.807, 2.05) is 6.07 Å². The molecule has 0 saturated carbocycles. The van der Waals surface area contributed by atoms with Gasteiger partial charge in [-0.2, -0.15) is 0 Å². The van der Waals surface area contributed by atoms with E-state index in [0.717, 1.165) is 0 Å². The van der Waals surface area contributed by atoms with Gasteiger partial charge in [-0.05, 0) is 12.1 Å². The Hall–Kier alpha value is -2.44. The van der Waals surface area contributed by atoms with Gasteiger partial charge in [0.25, 0.3) is 5.91 Å². The fourth-order valence-corrected chi connectivity index (χ4v) is 2.81. The fourth-order valence-electron chi connectivity index (χ4n) is 2.58. The van der Waals surface area contributed by atoms with Crippen molar-refractivity contribution in [1.29, 1.82) is 0 Å². The van der Waals surface area contributed by atoms with Crippen molar-refractivity contribution in [3.63, 3.8) is 0 Å². The smallest absolute Gasteiger partial charge is 0.319 e. The van der Waals surface area contributed by atoms with Crippen LogP contribution in [0.25, 0.3) is 0 Å². The van der Waals surface area contributed by atoms with Gasteiger partial charge >= 0.3 is 6.03 Å². The molecule has 0 saturated heterocycles. The monoisotopic (exact) mass is 350 g/mol. The third kappa shape index (κ3) is 4.31. The van der Waals surface area contributed by atoms with Gasteiger partial charge in [-0.15, -0.1) is 0 Å². The lowest BCUT2D eigenvalue weighted by molar-refractivity contribution is -0.916. The van der Waals surface area contributed by atoms with Crippen molar-refractivity contribution in [2.24, 2.45) is 5.73 Å². The molecule has 7 heteroatoms. The number of quaternary nitrogens is 1. The summed E-state index contributed by atoms with van der Waals surface area (Å²) in [6.45, 7) is 0.164.